The molecule has 5 nitrogen and oxygen atoms in total. The summed E-state index contributed by atoms with van der Waals surface area (Å²) in [7, 11) is 0. The van der Waals surface area contributed by atoms with Crippen LogP contribution in [0.5, 0.6) is 0 Å². The van der Waals surface area contributed by atoms with Crippen LogP contribution in [0.3, 0.4) is 0 Å². The summed E-state index contributed by atoms with van der Waals surface area (Å²) in [5, 5.41) is 3.79. The molecule has 148 valence electrons. The predicted octanol–water partition coefficient (Wildman–Crippen LogP) is 3.59. The Bertz CT molecular complexity index is 869. The minimum absolute atomic E-state index is 0.0353. The molecule has 0 amide bonds. The summed E-state index contributed by atoms with van der Waals surface area (Å²) in [4.78, 5) is 20.3. The predicted molar refractivity (Wildman–Crippen MR) is 108 cm³/mol. The summed E-state index contributed by atoms with van der Waals surface area (Å²) < 4.78 is 15.7. The Morgan fingerprint density at radius 3 is 2.89 bits per heavy atom. The zero-order valence-corrected chi connectivity index (χ0v) is 17.0. The summed E-state index contributed by atoms with van der Waals surface area (Å²) in [6.07, 6.45) is 1.89. The quantitative estimate of drug-likeness (QED) is 0.841. The molecule has 1 N–H and O–H groups in total. The number of halogens is 2. The van der Waals surface area contributed by atoms with E-state index in [2.05, 4.69) is 24.1 Å². The second-order valence-corrected chi connectivity index (χ2v) is 7.82. The maximum Gasteiger partial charge on any atom is 0.261 e. The molecule has 0 spiro atoms. The molecule has 1 aliphatic heterocycles. The summed E-state index contributed by atoms with van der Waals surface area (Å²) in [5.41, 5.74) is 0.227. The first-order valence-electron chi connectivity index (χ1n) is 9.80. The molecule has 1 aliphatic rings. The molecule has 1 aromatic carbocycles. The minimum Gasteiger partial charge on any atom is -0.315 e. The molecular weight excluding hydrogens is 367 g/mol. The second kappa shape index (κ2) is 8.67. The van der Waals surface area contributed by atoms with E-state index in [9.17, 15) is 9.18 Å². The van der Waals surface area contributed by atoms with Crippen molar-refractivity contribution in [2.75, 3.05) is 26.2 Å². The molecule has 0 radical (unpaired) electrons. The third kappa shape index (κ3) is 4.18. The van der Waals surface area contributed by atoms with Crippen molar-refractivity contribution in [1.82, 2.24) is 19.8 Å². The first-order chi connectivity index (χ1) is 13.0. The molecule has 3 rings (SSSR count). The van der Waals surface area contributed by atoms with Crippen molar-refractivity contribution in [2.45, 2.75) is 46.2 Å². The number of nitrogens with one attached hydrogen (secondary N) is 1. The fraction of sp³-hybridized carbons (Fsp3) is 0.600. The van der Waals surface area contributed by atoms with E-state index in [1.54, 1.807) is 4.57 Å². The van der Waals surface area contributed by atoms with Gasteiger partial charge in [-0.05, 0) is 31.9 Å². The van der Waals surface area contributed by atoms with Gasteiger partial charge in [0, 0.05) is 32.2 Å². The Morgan fingerprint density at radius 1 is 1.41 bits per heavy atom. The molecule has 27 heavy (non-hydrogen) atoms. The SMILES string of the molecule is CCC[C@@H](c1nc2cc(F)c(Cl)cc2c(=O)n1CC)N1CCNC[C@H](C)C1. The van der Waals surface area contributed by atoms with Crippen LogP contribution < -0.4 is 10.9 Å². The second-order valence-electron chi connectivity index (χ2n) is 7.41. The van der Waals surface area contributed by atoms with Gasteiger partial charge in [0.2, 0.25) is 0 Å². The van der Waals surface area contributed by atoms with Crippen molar-refractivity contribution in [3.05, 3.63) is 39.2 Å². The van der Waals surface area contributed by atoms with Crippen molar-refractivity contribution >= 4 is 22.5 Å². The maximum atomic E-state index is 14.0. The van der Waals surface area contributed by atoms with Crippen LogP contribution in [-0.2, 0) is 6.54 Å². The highest BCUT2D eigenvalue weighted by atomic mass is 35.5. The van der Waals surface area contributed by atoms with Crippen LogP contribution in [-0.4, -0.2) is 40.6 Å². The molecule has 0 saturated carbocycles. The fourth-order valence-electron chi connectivity index (χ4n) is 3.95. The number of fused-ring (bicyclic) bond motifs is 1. The molecule has 2 aromatic rings. The lowest BCUT2D eigenvalue weighted by molar-refractivity contribution is 0.169. The molecule has 1 fully saturated rings. The average molecular weight is 395 g/mol. The number of benzene rings is 1. The van der Waals surface area contributed by atoms with Gasteiger partial charge in [-0.3, -0.25) is 14.3 Å². The average Bonchev–Trinajstić information content (AvgIpc) is 2.85. The molecule has 0 bridgehead atoms. The Balaban J connectivity index is 2.16. The van der Waals surface area contributed by atoms with Gasteiger partial charge < -0.3 is 5.32 Å². The van der Waals surface area contributed by atoms with E-state index in [0.29, 0.717) is 23.4 Å². The lowest BCUT2D eigenvalue weighted by Gasteiger charge is -2.32. The van der Waals surface area contributed by atoms with Gasteiger partial charge in [0.25, 0.3) is 5.56 Å². The molecule has 1 aromatic heterocycles. The fourth-order valence-corrected chi connectivity index (χ4v) is 4.12. The van der Waals surface area contributed by atoms with E-state index in [-0.39, 0.29) is 16.6 Å². The van der Waals surface area contributed by atoms with Crippen molar-refractivity contribution in [3.8, 4) is 0 Å². The molecule has 1 saturated heterocycles. The third-order valence-corrected chi connectivity index (χ3v) is 5.55. The van der Waals surface area contributed by atoms with E-state index in [1.165, 1.54) is 12.1 Å². The first-order valence-corrected chi connectivity index (χ1v) is 10.2. The summed E-state index contributed by atoms with van der Waals surface area (Å²) in [6.45, 7) is 10.6. The molecule has 0 unspecified atom stereocenters. The number of nitrogens with zero attached hydrogens (tertiary/aromatic N) is 3. The molecule has 2 heterocycles. The van der Waals surface area contributed by atoms with Crippen LogP contribution in [0.15, 0.2) is 16.9 Å². The minimum atomic E-state index is -0.545. The smallest absolute Gasteiger partial charge is 0.261 e. The highest BCUT2D eigenvalue weighted by molar-refractivity contribution is 6.31. The van der Waals surface area contributed by atoms with Gasteiger partial charge in [-0.15, -0.1) is 0 Å². The van der Waals surface area contributed by atoms with Gasteiger partial charge in [-0.25, -0.2) is 9.37 Å². The molecule has 2 atom stereocenters. The van der Waals surface area contributed by atoms with Crippen LogP contribution in [0.2, 0.25) is 5.02 Å². The summed E-state index contributed by atoms with van der Waals surface area (Å²) in [5.74, 6) is 0.703. The number of rotatable bonds is 5. The van der Waals surface area contributed by atoms with Gasteiger partial charge in [0.05, 0.1) is 22.0 Å². The van der Waals surface area contributed by atoms with Gasteiger partial charge in [0.15, 0.2) is 0 Å². The van der Waals surface area contributed by atoms with Crippen molar-refractivity contribution in [1.29, 1.82) is 0 Å². The maximum absolute atomic E-state index is 14.0. The van der Waals surface area contributed by atoms with E-state index in [4.69, 9.17) is 16.6 Å². The van der Waals surface area contributed by atoms with Gasteiger partial charge in [-0.2, -0.15) is 0 Å². The standard InChI is InChI=1S/C20H28ClFN4O/c1-4-6-18(25-8-7-23-11-13(3)12-25)19-24-17-10-16(22)15(21)9-14(17)20(27)26(19)5-2/h9-10,13,18,23H,4-8,11-12H2,1-3H3/t13-,18-/m0/s1. The zero-order valence-electron chi connectivity index (χ0n) is 16.3. The van der Waals surface area contributed by atoms with Crippen LogP contribution in [0.4, 0.5) is 4.39 Å². The Morgan fingerprint density at radius 2 is 2.19 bits per heavy atom. The van der Waals surface area contributed by atoms with Crippen molar-refractivity contribution in [3.63, 3.8) is 0 Å². The van der Waals surface area contributed by atoms with E-state index in [0.717, 1.165) is 44.8 Å². The normalized spacial score (nSPS) is 20.0. The van der Waals surface area contributed by atoms with Crippen LogP contribution in [0.25, 0.3) is 10.9 Å². The van der Waals surface area contributed by atoms with Gasteiger partial charge >= 0.3 is 0 Å². The van der Waals surface area contributed by atoms with E-state index in [1.807, 2.05) is 6.92 Å². The third-order valence-electron chi connectivity index (χ3n) is 5.26. The molecule has 7 heteroatoms. The van der Waals surface area contributed by atoms with E-state index >= 15 is 0 Å². The van der Waals surface area contributed by atoms with Crippen LogP contribution >= 0.6 is 11.6 Å². The molecular formula is C20H28ClFN4O. The van der Waals surface area contributed by atoms with Crippen LogP contribution in [0, 0.1) is 11.7 Å². The summed E-state index contributed by atoms with van der Waals surface area (Å²) >= 11 is 5.90. The monoisotopic (exact) mass is 394 g/mol. The van der Waals surface area contributed by atoms with E-state index < -0.39 is 5.82 Å². The Hall–Kier alpha value is -1.50. The lowest BCUT2D eigenvalue weighted by atomic mass is 10.1. The number of hydrogen-bond donors (Lipinski definition) is 1. The summed E-state index contributed by atoms with van der Waals surface area (Å²) in [6, 6.07) is 2.70. The first kappa shape index (κ1) is 20.2. The van der Waals surface area contributed by atoms with Crippen molar-refractivity contribution < 1.29 is 4.39 Å². The number of hydrogen-bond acceptors (Lipinski definition) is 4. The Kier molecular flexibility index (Phi) is 6.50. The van der Waals surface area contributed by atoms with Gasteiger partial charge in [0.1, 0.15) is 11.6 Å². The van der Waals surface area contributed by atoms with Crippen molar-refractivity contribution in [2.24, 2.45) is 5.92 Å². The number of aromatic nitrogens is 2. The van der Waals surface area contributed by atoms with Gasteiger partial charge in [-0.1, -0.05) is 31.9 Å². The highest BCUT2D eigenvalue weighted by Crippen LogP contribution is 2.28. The lowest BCUT2D eigenvalue weighted by Crippen LogP contribution is -2.38. The Labute approximate surface area is 164 Å². The topological polar surface area (TPSA) is 50.2 Å². The largest absolute Gasteiger partial charge is 0.315 e. The molecule has 0 aliphatic carbocycles. The van der Waals surface area contributed by atoms with Crippen LogP contribution in [0.1, 0.15) is 45.5 Å². The highest BCUT2D eigenvalue weighted by Gasteiger charge is 2.27. The zero-order chi connectivity index (χ0) is 19.6.